The summed E-state index contributed by atoms with van der Waals surface area (Å²) < 4.78 is 23.3. The Bertz CT molecular complexity index is 1970. The van der Waals surface area contributed by atoms with Crippen molar-refractivity contribution < 1.29 is 79.6 Å². The molecule has 2 aliphatic heterocycles. The summed E-state index contributed by atoms with van der Waals surface area (Å²) >= 11 is 0. The fourth-order valence-corrected chi connectivity index (χ4v) is 7.76. The zero-order valence-corrected chi connectivity index (χ0v) is 33.8. The Balaban J connectivity index is 1.13. The minimum absolute atomic E-state index is 0.197. The first kappa shape index (κ1) is 46.5. The molecule has 2 fully saturated rings. The zero-order valence-electron chi connectivity index (χ0n) is 33.8. The molecule has 0 radical (unpaired) electrons. The first-order chi connectivity index (χ1) is 29.8. The molecule has 10 N–H and O–H groups in total. The summed E-state index contributed by atoms with van der Waals surface area (Å²) in [6, 6.07) is 24.9. The standard InChI is InChI=1S/C46H54O16/c47-23-35-39(53)41(55)43(57)45(61-35)59-33-15-13-25(19-31(33)29-11-5-9-27(17-29)21-37(49)50)7-3-1-2-4-8-26-14-16-34(60-46-44(58)42(56)40(54)36(24-48)62-46)32(20-26)30-12-6-10-28(18-30)22-38(51)52/h5-6,9-20,35-36,39-48,53-58H,1-4,7-8,21-24H2,(H,49,50)(H,51,52). The quantitative estimate of drug-likeness (QED) is 0.0604. The zero-order chi connectivity index (χ0) is 44.5. The normalized spacial score (nSPS) is 26.2. The molecule has 0 aromatic heterocycles. The van der Waals surface area contributed by atoms with Gasteiger partial charge in [0.05, 0.1) is 26.1 Å². The smallest absolute Gasteiger partial charge is 0.307 e. The molecule has 16 nitrogen and oxygen atoms in total. The van der Waals surface area contributed by atoms with Crippen molar-refractivity contribution in [2.24, 2.45) is 0 Å². The summed E-state index contributed by atoms with van der Waals surface area (Å²) in [5, 5.41) is 101. The number of benzene rings is 4. The molecule has 4 aromatic carbocycles. The predicted octanol–water partition coefficient (Wildman–Crippen LogP) is 1.98. The topological polar surface area (TPSA) is 273 Å². The highest BCUT2D eigenvalue weighted by Crippen LogP contribution is 2.37. The molecular formula is C46H54O16. The van der Waals surface area contributed by atoms with Crippen LogP contribution in [0.5, 0.6) is 11.5 Å². The highest BCUT2D eigenvalue weighted by atomic mass is 16.7. The Morgan fingerprint density at radius 3 is 1.26 bits per heavy atom. The van der Waals surface area contributed by atoms with Crippen molar-refractivity contribution in [3.05, 3.63) is 107 Å². The van der Waals surface area contributed by atoms with Crippen LogP contribution in [0, 0.1) is 0 Å². The van der Waals surface area contributed by atoms with Crippen molar-refractivity contribution in [3.63, 3.8) is 0 Å². The van der Waals surface area contributed by atoms with Crippen molar-refractivity contribution in [2.45, 2.75) is 113 Å². The Morgan fingerprint density at radius 2 is 0.887 bits per heavy atom. The maximum atomic E-state index is 11.5. The van der Waals surface area contributed by atoms with E-state index in [0.29, 0.717) is 46.2 Å². The summed E-state index contributed by atoms with van der Waals surface area (Å²) in [7, 11) is 0. The van der Waals surface area contributed by atoms with Gasteiger partial charge in [-0.25, -0.2) is 0 Å². The van der Waals surface area contributed by atoms with Crippen LogP contribution in [0.1, 0.15) is 47.9 Å². The molecule has 10 unspecified atom stereocenters. The lowest BCUT2D eigenvalue weighted by molar-refractivity contribution is -0.277. The fraction of sp³-hybridized carbons (Fsp3) is 0.435. The van der Waals surface area contributed by atoms with E-state index < -0.39 is 86.6 Å². The van der Waals surface area contributed by atoms with Gasteiger partial charge in [0.2, 0.25) is 12.6 Å². The molecule has 6 rings (SSSR count). The number of rotatable bonds is 19. The van der Waals surface area contributed by atoms with Gasteiger partial charge < -0.3 is 70.0 Å². The Labute approximate surface area is 357 Å². The van der Waals surface area contributed by atoms with E-state index in [-0.39, 0.29) is 24.3 Å². The lowest BCUT2D eigenvalue weighted by atomic mass is 9.95. The minimum atomic E-state index is -1.63. The number of ether oxygens (including phenoxy) is 4. The van der Waals surface area contributed by atoms with Gasteiger partial charge in [0, 0.05) is 11.1 Å². The molecule has 0 spiro atoms. The SMILES string of the molecule is O=C(O)Cc1cccc(-c2cc(CCCCCCc3ccc(OC4OC(CO)C(O)C(O)C4O)c(-c4cccc(CC(=O)O)c4)c3)ccc2OC2OC(CO)C(O)C(O)C2O)c1. The van der Waals surface area contributed by atoms with Crippen LogP contribution in [0.4, 0.5) is 0 Å². The lowest BCUT2D eigenvalue weighted by Crippen LogP contribution is -2.60. The molecule has 0 aliphatic carbocycles. The highest BCUT2D eigenvalue weighted by molar-refractivity contribution is 5.76. The number of unbranched alkanes of at least 4 members (excludes halogenated alkanes) is 3. The number of aryl methyl sites for hydroxylation is 2. The summed E-state index contributed by atoms with van der Waals surface area (Å²) in [4.78, 5) is 23.0. The third-order valence-corrected chi connectivity index (χ3v) is 11.1. The van der Waals surface area contributed by atoms with Gasteiger partial charge in [0.1, 0.15) is 60.3 Å². The average molecular weight is 863 g/mol. The van der Waals surface area contributed by atoms with E-state index in [0.717, 1.165) is 36.8 Å². The van der Waals surface area contributed by atoms with E-state index in [2.05, 4.69) is 0 Å². The van der Waals surface area contributed by atoms with E-state index >= 15 is 0 Å². The monoisotopic (exact) mass is 862 g/mol. The van der Waals surface area contributed by atoms with E-state index in [1.54, 1.807) is 60.7 Å². The summed E-state index contributed by atoms with van der Waals surface area (Å²) in [5.41, 5.74) is 5.56. The van der Waals surface area contributed by atoms with Gasteiger partial charge in [0.15, 0.2) is 0 Å². The third kappa shape index (κ3) is 11.5. The Hall–Kier alpha value is -4.98. The summed E-state index contributed by atoms with van der Waals surface area (Å²) in [5.74, 6) is -1.42. The van der Waals surface area contributed by atoms with Gasteiger partial charge >= 0.3 is 11.9 Å². The summed E-state index contributed by atoms with van der Waals surface area (Å²) in [6.45, 7) is -1.23. The van der Waals surface area contributed by atoms with Crippen LogP contribution in [0.25, 0.3) is 22.3 Å². The number of hydrogen-bond acceptors (Lipinski definition) is 14. The van der Waals surface area contributed by atoms with Gasteiger partial charge in [-0.3, -0.25) is 9.59 Å². The molecule has 2 heterocycles. The lowest BCUT2D eigenvalue weighted by Gasteiger charge is -2.39. The summed E-state index contributed by atoms with van der Waals surface area (Å²) in [6.07, 6.45) is -10.3. The van der Waals surface area contributed by atoms with E-state index in [1.165, 1.54) is 0 Å². The van der Waals surface area contributed by atoms with Crippen LogP contribution in [0.3, 0.4) is 0 Å². The fourth-order valence-electron chi connectivity index (χ4n) is 7.76. The minimum Gasteiger partial charge on any atom is -0.481 e. The third-order valence-electron chi connectivity index (χ3n) is 11.1. The Morgan fingerprint density at radius 1 is 0.484 bits per heavy atom. The number of aliphatic carboxylic acids is 2. The van der Waals surface area contributed by atoms with Crippen molar-refractivity contribution in [2.75, 3.05) is 13.2 Å². The van der Waals surface area contributed by atoms with Crippen molar-refractivity contribution >= 4 is 11.9 Å². The first-order valence-electron chi connectivity index (χ1n) is 20.6. The van der Waals surface area contributed by atoms with Crippen LogP contribution >= 0.6 is 0 Å². The Kier molecular flexibility index (Phi) is 16.1. The molecule has 62 heavy (non-hydrogen) atoms. The molecule has 16 heteroatoms. The number of carbonyl (C=O) groups is 2. The second-order valence-corrected chi connectivity index (χ2v) is 15.7. The van der Waals surface area contributed by atoms with Crippen molar-refractivity contribution in [3.8, 4) is 33.8 Å². The molecule has 4 aromatic rings. The van der Waals surface area contributed by atoms with Crippen molar-refractivity contribution in [1.82, 2.24) is 0 Å². The molecule has 2 aliphatic rings. The van der Waals surface area contributed by atoms with Crippen LogP contribution in [0.15, 0.2) is 84.9 Å². The van der Waals surface area contributed by atoms with Gasteiger partial charge in [-0.15, -0.1) is 0 Å². The highest BCUT2D eigenvalue weighted by Gasteiger charge is 2.46. The van der Waals surface area contributed by atoms with Gasteiger partial charge in [-0.1, -0.05) is 73.5 Å². The molecule has 0 bridgehead atoms. The molecule has 0 amide bonds. The molecule has 2 saturated heterocycles. The maximum absolute atomic E-state index is 11.5. The molecule has 0 saturated carbocycles. The number of aliphatic hydroxyl groups is 8. The second-order valence-electron chi connectivity index (χ2n) is 15.7. The van der Waals surface area contributed by atoms with Crippen molar-refractivity contribution in [1.29, 1.82) is 0 Å². The number of hydrogen-bond donors (Lipinski definition) is 10. The molecular weight excluding hydrogens is 808 g/mol. The van der Waals surface area contributed by atoms with E-state index in [9.17, 15) is 60.7 Å². The van der Waals surface area contributed by atoms with E-state index in [1.807, 2.05) is 24.3 Å². The van der Waals surface area contributed by atoms with Gasteiger partial charge in [-0.05, 0) is 83.3 Å². The van der Waals surface area contributed by atoms with Crippen LogP contribution in [-0.2, 0) is 44.7 Å². The molecule has 10 atom stereocenters. The average Bonchev–Trinajstić information content (AvgIpc) is 3.25. The number of carboxylic acid groups (broad SMARTS) is 2. The predicted molar refractivity (Wildman–Crippen MR) is 221 cm³/mol. The van der Waals surface area contributed by atoms with Crippen LogP contribution in [-0.4, -0.2) is 138 Å². The second kappa shape index (κ2) is 21.4. The maximum Gasteiger partial charge on any atom is 0.307 e. The first-order valence-corrected chi connectivity index (χ1v) is 20.6. The van der Waals surface area contributed by atoms with Crippen LogP contribution < -0.4 is 9.47 Å². The van der Waals surface area contributed by atoms with Gasteiger partial charge in [0.25, 0.3) is 0 Å². The van der Waals surface area contributed by atoms with E-state index in [4.69, 9.17) is 18.9 Å². The molecule has 334 valence electrons. The number of aliphatic hydroxyl groups excluding tert-OH is 8. The number of carboxylic acids is 2. The largest absolute Gasteiger partial charge is 0.481 e. The van der Waals surface area contributed by atoms with Gasteiger partial charge in [-0.2, -0.15) is 0 Å². The van der Waals surface area contributed by atoms with Crippen LogP contribution in [0.2, 0.25) is 0 Å².